The molecule has 1 aliphatic heterocycles. The zero-order chi connectivity index (χ0) is 17.2. The Balaban J connectivity index is 1.46. The number of piperazine rings is 1. The van der Waals surface area contributed by atoms with Crippen LogP contribution in [0.25, 0.3) is 10.8 Å². The zero-order valence-corrected chi connectivity index (χ0v) is 15.3. The molecule has 0 aliphatic carbocycles. The summed E-state index contributed by atoms with van der Waals surface area (Å²) >= 11 is 6.19. The van der Waals surface area contributed by atoms with Gasteiger partial charge in [0.05, 0.1) is 0 Å². The molecule has 3 heteroatoms. The number of benzene rings is 3. The highest BCUT2D eigenvalue weighted by molar-refractivity contribution is 6.30. The van der Waals surface area contributed by atoms with E-state index in [1.165, 1.54) is 27.6 Å². The molecule has 1 aliphatic rings. The fraction of sp³-hybridized carbons (Fsp3) is 0.273. The smallest absolute Gasteiger partial charge is 0.0426 e. The average Bonchev–Trinajstić information content (AvgIpc) is 2.65. The van der Waals surface area contributed by atoms with Crippen LogP contribution in [-0.4, -0.2) is 31.1 Å². The number of rotatable bonds is 3. The third-order valence-corrected chi connectivity index (χ3v) is 5.39. The van der Waals surface area contributed by atoms with Crippen LogP contribution in [0.3, 0.4) is 0 Å². The Bertz CT molecular complexity index is 877. The number of fused-ring (bicyclic) bond motifs is 1. The summed E-state index contributed by atoms with van der Waals surface area (Å²) in [4.78, 5) is 5.01. The highest BCUT2D eigenvalue weighted by atomic mass is 35.5. The van der Waals surface area contributed by atoms with Crippen LogP contribution in [0.4, 0.5) is 5.69 Å². The molecule has 25 heavy (non-hydrogen) atoms. The SMILES string of the molecule is Cc1ccc(Cl)cc1N1CCN(Cc2cccc3ccccc23)CC1. The molecule has 3 aromatic rings. The van der Waals surface area contributed by atoms with Gasteiger partial charge < -0.3 is 4.90 Å². The van der Waals surface area contributed by atoms with Gasteiger partial charge in [-0.1, -0.05) is 60.1 Å². The minimum Gasteiger partial charge on any atom is -0.369 e. The molecule has 1 saturated heterocycles. The number of hydrogen-bond donors (Lipinski definition) is 0. The van der Waals surface area contributed by atoms with Crippen molar-refractivity contribution in [1.82, 2.24) is 4.90 Å². The van der Waals surface area contributed by atoms with Gasteiger partial charge in [-0.25, -0.2) is 0 Å². The van der Waals surface area contributed by atoms with Gasteiger partial charge in [0.2, 0.25) is 0 Å². The first-order chi connectivity index (χ1) is 12.2. The Morgan fingerprint density at radius 1 is 0.880 bits per heavy atom. The lowest BCUT2D eigenvalue weighted by Crippen LogP contribution is -2.46. The number of hydrogen-bond acceptors (Lipinski definition) is 2. The van der Waals surface area contributed by atoms with E-state index in [9.17, 15) is 0 Å². The van der Waals surface area contributed by atoms with Crippen molar-refractivity contribution in [3.63, 3.8) is 0 Å². The van der Waals surface area contributed by atoms with Gasteiger partial charge in [0.15, 0.2) is 0 Å². The van der Waals surface area contributed by atoms with Crippen LogP contribution in [0, 0.1) is 6.92 Å². The molecule has 2 nitrogen and oxygen atoms in total. The Morgan fingerprint density at radius 2 is 1.64 bits per heavy atom. The third kappa shape index (κ3) is 3.51. The maximum absolute atomic E-state index is 6.19. The van der Waals surface area contributed by atoms with Crippen LogP contribution < -0.4 is 4.90 Å². The third-order valence-electron chi connectivity index (χ3n) is 5.16. The van der Waals surface area contributed by atoms with Crippen molar-refractivity contribution in [3.05, 3.63) is 76.8 Å². The van der Waals surface area contributed by atoms with Crippen molar-refractivity contribution in [2.24, 2.45) is 0 Å². The van der Waals surface area contributed by atoms with E-state index in [0.29, 0.717) is 0 Å². The first-order valence-electron chi connectivity index (χ1n) is 8.91. The molecule has 0 unspecified atom stereocenters. The molecule has 128 valence electrons. The van der Waals surface area contributed by atoms with E-state index < -0.39 is 0 Å². The van der Waals surface area contributed by atoms with E-state index in [1.807, 2.05) is 6.07 Å². The van der Waals surface area contributed by atoms with Crippen LogP contribution >= 0.6 is 11.6 Å². The first kappa shape index (κ1) is 16.4. The number of aryl methyl sites for hydroxylation is 1. The fourth-order valence-corrected chi connectivity index (χ4v) is 3.91. The highest BCUT2D eigenvalue weighted by Gasteiger charge is 2.19. The Morgan fingerprint density at radius 3 is 2.48 bits per heavy atom. The summed E-state index contributed by atoms with van der Waals surface area (Å²) in [5, 5.41) is 3.52. The van der Waals surface area contributed by atoms with Gasteiger partial charge in [-0.05, 0) is 41.0 Å². The molecule has 0 aromatic heterocycles. The van der Waals surface area contributed by atoms with Crippen molar-refractivity contribution in [3.8, 4) is 0 Å². The topological polar surface area (TPSA) is 6.48 Å². The first-order valence-corrected chi connectivity index (χ1v) is 9.28. The molecule has 0 bridgehead atoms. The number of anilines is 1. The van der Waals surface area contributed by atoms with Crippen molar-refractivity contribution in [1.29, 1.82) is 0 Å². The van der Waals surface area contributed by atoms with Gasteiger partial charge in [0, 0.05) is 43.4 Å². The van der Waals surface area contributed by atoms with Crippen LogP contribution in [-0.2, 0) is 6.54 Å². The lowest BCUT2D eigenvalue weighted by molar-refractivity contribution is 0.250. The molecule has 0 saturated carbocycles. The maximum atomic E-state index is 6.19. The van der Waals surface area contributed by atoms with Gasteiger partial charge in [-0.2, -0.15) is 0 Å². The second kappa shape index (κ2) is 7.07. The van der Waals surface area contributed by atoms with E-state index in [4.69, 9.17) is 11.6 Å². The van der Waals surface area contributed by atoms with Crippen LogP contribution in [0.1, 0.15) is 11.1 Å². The Hall–Kier alpha value is -2.03. The summed E-state index contributed by atoms with van der Waals surface area (Å²) in [6, 6.07) is 21.5. The lowest BCUT2D eigenvalue weighted by atomic mass is 10.0. The fourth-order valence-electron chi connectivity index (χ4n) is 3.74. The van der Waals surface area contributed by atoms with Crippen molar-refractivity contribution in [2.75, 3.05) is 31.1 Å². The van der Waals surface area contributed by atoms with Crippen LogP contribution in [0.5, 0.6) is 0 Å². The molecule has 0 amide bonds. The minimum absolute atomic E-state index is 0.818. The van der Waals surface area contributed by atoms with Crippen molar-refractivity contribution < 1.29 is 0 Å². The van der Waals surface area contributed by atoms with E-state index >= 15 is 0 Å². The van der Waals surface area contributed by atoms with Gasteiger partial charge in [0.25, 0.3) is 0 Å². The summed E-state index contributed by atoms with van der Waals surface area (Å²) in [6.45, 7) is 7.43. The Kier molecular flexibility index (Phi) is 4.65. The molecule has 4 rings (SSSR count). The van der Waals surface area contributed by atoms with Gasteiger partial charge >= 0.3 is 0 Å². The standard InChI is InChI=1S/C22H23ClN2/c1-17-9-10-20(23)15-22(17)25-13-11-24(12-14-25)16-19-7-4-6-18-5-2-3-8-21(18)19/h2-10,15H,11-14,16H2,1H3. The molecule has 0 atom stereocenters. The highest BCUT2D eigenvalue weighted by Crippen LogP contribution is 2.26. The lowest BCUT2D eigenvalue weighted by Gasteiger charge is -2.37. The molecule has 0 radical (unpaired) electrons. The van der Waals surface area contributed by atoms with Gasteiger partial charge in [0.1, 0.15) is 0 Å². The molecule has 1 heterocycles. The normalized spacial score (nSPS) is 15.7. The van der Waals surface area contributed by atoms with E-state index in [2.05, 4.69) is 71.3 Å². The predicted octanol–water partition coefficient (Wildman–Crippen LogP) is 5.12. The van der Waals surface area contributed by atoms with Crippen molar-refractivity contribution in [2.45, 2.75) is 13.5 Å². The van der Waals surface area contributed by atoms with E-state index in [-0.39, 0.29) is 0 Å². The average molecular weight is 351 g/mol. The maximum Gasteiger partial charge on any atom is 0.0426 e. The van der Waals surface area contributed by atoms with Crippen molar-refractivity contribution >= 4 is 28.1 Å². The number of nitrogens with zero attached hydrogens (tertiary/aromatic N) is 2. The minimum atomic E-state index is 0.818. The summed E-state index contributed by atoms with van der Waals surface area (Å²) in [5.41, 5.74) is 4.00. The molecule has 0 spiro atoms. The zero-order valence-electron chi connectivity index (χ0n) is 14.6. The quantitative estimate of drug-likeness (QED) is 0.646. The molecular formula is C22H23ClN2. The summed E-state index contributed by atoms with van der Waals surface area (Å²) in [7, 11) is 0. The summed E-state index contributed by atoms with van der Waals surface area (Å²) in [6.07, 6.45) is 0. The van der Waals surface area contributed by atoms with Crippen LogP contribution in [0.15, 0.2) is 60.7 Å². The second-order valence-corrected chi connectivity index (χ2v) is 7.27. The second-order valence-electron chi connectivity index (χ2n) is 6.83. The predicted molar refractivity (Wildman–Crippen MR) is 108 cm³/mol. The monoisotopic (exact) mass is 350 g/mol. The van der Waals surface area contributed by atoms with E-state index in [1.54, 1.807) is 0 Å². The summed E-state index contributed by atoms with van der Waals surface area (Å²) < 4.78 is 0. The van der Waals surface area contributed by atoms with Gasteiger partial charge in [-0.3, -0.25) is 4.90 Å². The molecule has 0 N–H and O–H groups in total. The molecule has 1 fully saturated rings. The number of halogens is 1. The molecular weight excluding hydrogens is 328 g/mol. The van der Waals surface area contributed by atoms with Gasteiger partial charge in [-0.15, -0.1) is 0 Å². The van der Waals surface area contributed by atoms with Crippen LogP contribution in [0.2, 0.25) is 5.02 Å². The Labute approximate surface area is 154 Å². The van der Waals surface area contributed by atoms with E-state index in [0.717, 1.165) is 37.7 Å². The molecule has 3 aromatic carbocycles. The largest absolute Gasteiger partial charge is 0.369 e. The summed E-state index contributed by atoms with van der Waals surface area (Å²) in [5.74, 6) is 0.